The van der Waals surface area contributed by atoms with Crippen molar-refractivity contribution in [2.24, 2.45) is 13.0 Å². The lowest BCUT2D eigenvalue weighted by atomic mass is 10.2. The van der Waals surface area contributed by atoms with Crippen LogP contribution in [0.2, 0.25) is 0 Å². The van der Waals surface area contributed by atoms with Crippen molar-refractivity contribution in [3.05, 3.63) is 20.8 Å². The standard InChI is InChI=1S/C16H24N4O4S/c1-6-10(14(22)24-7-2)25-16-17-12-11(20(16)8-9(3)4)13(21)18-15(23)19(12)5/h9-10H,6-8H2,1-5H3,(H,18,21,23). The molecule has 1 N–H and O–H groups in total. The second-order valence-corrected chi connectivity index (χ2v) is 7.33. The van der Waals surface area contributed by atoms with Crippen LogP contribution >= 0.6 is 11.8 Å². The number of carbonyl (C=O) groups excluding carboxylic acids is 1. The first kappa shape index (κ1) is 19.3. The monoisotopic (exact) mass is 368 g/mol. The van der Waals surface area contributed by atoms with Crippen LogP contribution in [0.5, 0.6) is 0 Å². The molecule has 0 aliphatic heterocycles. The molecule has 0 fully saturated rings. The van der Waals surface area contributed by atoms with E-state index in [1.807, 2.05) is 20.8 Å². The number of hydrogen-bond acceptors (Lipinski definition) is 6. The van der Waals surface area contributed by atoms with Crippen molar-refractivity contribution in [3.8, 4) is 0 Å². The summed E-state index contributed by atoms with van der Waals surface area (Å²) in [5.41, 5.74) is -0.324. The van der Waals surface area contributed by atoms with Gasteiger partial charge in [-0.25, -0.2) is 9.78 Å². The molecule has 9 heteroatoms. The van der Waals surface area contributed by atoms with E-state index in [1.54, 1.807) is 18.5 Å². The molecule has 0 aliphatic carbocycles. The summed E-state index contributed by atoms with van der Waals surface area (Å²) >= 11 is 1.26. The van der Waals surface area contributed by atoms with Crippen LogP contribution in [-0.2, 0) is 23.1 Å². The second-order valence-electron chi connectivity index (χ2n) is 6.16. The molecule has 2 aromatic rings. The highest BCUT2D eigenvalue weighted by atomic mass is 32.2. The lowest BCUT2D eigenvalue weighted by Gasteiger charge is -2.15. The quantitative estimate of drug-likeness (QED) is 0.587. The summed E-state index contributed by atoms with van der Waals surface area (Å²) in [5.74, 6) is -0.0444. The van der Waals surface area contributed by atoms with Crippen molar-refractivity contribution in [1.82, 2.24) is 19.1 Å². The lowest BCUT2D eigenvalue weighted by molar-refractivity contribution is -0.142. The summed E-state index contributed by atoms with van der Waals surface area (Å²) in [4.78, 5) is 43.1. The van der Waals surface area contributed by atoms with Crippen molar-refractivity contribution in [2.45, 2.75) is 51.1 Å². The van der Waals surface area contributed by atoms with Crippen LogP contribution in [0.3, 0.4) is 0 Å². The van der Waals surface area contributed by atoms with E-state index in [0.29, 0.717) is 35.9 Å². The maximum absolute atomic E-state index is 12.3. The van der Waals surface area contributed by atoms with Gasteiger partial charge >= 0.3 is 11.7 Å². The summed E-state index contributed by atoms with van der Waals surface area (Å²) in [5, 5.41) is 0.120. The third kappa shape index (κ3) is 3.97. The Kier molecular flexibility index (Phi) is 6.10. The number of ether oxygens (including phenoxy) is 1. The van der Waals surface area contributed by atoms with Crippen molar-refractivity contribution >= 4 is 28.9 Å². The van der Waals surface area contributed by atoms with E-state index in [4.69, 9.17) is 4.74 Å². The predicted molar refractivity (Wildman–Crippen MR) is 97.0 cm³/mol. The van der Waals surface area contributed by atoms with Gasteiger partial charge in [0.1, 0.15) is 5.25 Å². The molecule has 0 aromatic carbocycles. The number of nitrogens with one attached hydrogen (secondary N) is 1. The van der Waals surface area contributed by atoms with Gasteiger partial charge in [-0.3, -0.25) is 19.1 Å². The molecule has 0 bridgehead atoms. The van der Waals surface area contributed by atoms with E-state index in [2.05, 4.69) is 9.97 Å². The Morgan fingerprint density at radius 1 is 1.32 bits per heavy atom. The fraction of sp³-hybridized carbons (Fsp3) is 0.625. The Bertz CT molecular complexity index is 881. The van der Waals surface area contributed by atoms with Gasteiger partial charge < -0.3 is 9.30 Å². The molecule has 0 radical (unpaired) electrons. The zero-order valence-electron chi connectivity index (χ0n) is 15.2. The highest BCUT2D eigenvalue weighted by Crippen LogP contribution is 2.28. The van der Waals surface area contributed by atoms with Crippen molar-refractivity contribution in [2.75, 3.05) is 6.61 Å². The minimum atomic E-state index is -0.513. The Morgan fingerprint density at radius 3 is 2.56 bits per heavy atom. The molecule has 2 aromatic heterocycles. The Hall–Kier alpha value is -2.03. The van der Waals surface area contributed by atoms with Crippen LogP contribution in [-0.4, -0.2) is 36.9 Å². The number of aromatic amines is 1. The van der Waals surface area contributed by atoms with E-state index in [-0.39, 0.29) is 11.9 Å². The van der Waals surface area contributed by atoms with Crippen LogP contribution in [0.25, 0.3) is 11.2 Å². The molecule has 0 amide bonds. The van der Waals surface area contributed by atoms with Gasteiger partial charge in [0.2, 0.25) is 0 Å². The van der Waals surface area contributed by atoms with Crippen LogP contribution in [0, 0.1) is 5.92 Å². The maximum atomic E-state index is 12.3. The number of esters is 1. The number of carbonyl (C=O) groups is 1. The van der Waals surface area contributed by atoms with Gasteiger partial charge in [0.05, 0.1) is 6.61 Å². The van der Waals surface area contributed by atoms with E-state index in [0.717, 1.165) is 0 Å². The summed E-state index contributed by atoms with van der Waals surface area (Å²) in [6, 6.07) is 0. The van der Waals surface area contributed by atoms with Gasteiger partial charge in [-0.15, -0.1) is 0 Å². The van der Waals surface area contributed by atoms with Gasteiger partial charge in [0, 0.05) is 13.6 Å². The zero-order valence-corrected chi connectivity index (χ0v) is 16.0. The number of fused-ring (bicyclic) bond motifs is 1. The molecular weight excluding hydrogens is 344 g/mol. The third-order valence-electron chi connectivity index (χ3n) is 3.69. The van der Waals surface area contributed by atoms with E-state index < -0.39 is 16.5 Å². The molecule has 2 rings (SSSR count). The summed E-state index contributed by atoms with van der Waals surface area (Å²) in [7, 11) is 1.56. The molecule has 1 atom stereocenters. The fourth-order valence-electron chi connectivity index (χ4n) is 2.50. The summed E-state index contributed by atoms with van der Waals surface area (Å²) < 4.78 is 8.20. The Labute approximate surface area is 149 Å². The zero-order chi connectivity index (χ0) is 18.7. The molecule has 0 saturated carbocycles. The first-order valence-electron chi connectivity index (χ1n) is 8.32. The smallest absolute Gasteiger partial charge is 0.329 e. The summed E-state index contributed by atoms with van der Waals surface area (Å²) in [6.45, 7) is 8.58. The van der Waals surface area contributed by atoms with Crippen LogP contribution in [0.4, 0.5) is 0 Å². The van der Waals surface area contributed by atoms with Crippen molar-refractivity contribution in [1.29, 1.82) is 0 Å². The first-order chi connectivity index (χ1) is 11.8. The number of imidazole rings is 1. The van der Waals surface area contributed by atoms with Crippen LogP contribution in [0.15, 0.2) is 14.7 Å². The number of H-pyrrole nitrogens is 1. The van der Waals surface area contributed by atoms with Gasteiger partial charge in [0.25, 0.3) is 5.56 Å². The SMILES string of the molecule is CCOC(=O)C(CC)Sc1nc2c(c(=O)[nH]c(=O)n2C)n1CC(C)C. The van der Waals surface area contributed by atoms with Gasteiger partial charge in [0.15, 0.2) is 16.3 Å². The number of aromatic nitrogens is 4. The van der Waals surface area contributed by atoms with Gasteiger partial charge in [-0.2, -0.15) is 0 Å². The molecule has 0 spiro atoms. The molecule has 1 unspecified atom stereocenters. The molecular formula is C16H24N4O4S. The molecule has 0 saturated heterocycles. The minimum absolute atomic E-state index is 0.260. The average molecular weight is 368 g/mol. The molecule has 138 valence electrons. The molecule has 2 heterocycles. The van der Waals surface area contributed by atoms with Crippen LogP contribution in [0.1, 0.15) is 34.1 Å². The predicted octanol–water partition coefficient (Wildman–Crippen LogP) is 1.51. The van der Waals surface area contributed by atoms with Gasteiger partial charge in [-0.1, -0.05) is 32.5 Å². The lowest BCUT2D eigenvalue weighted by Crippen LogP contribution is -2.29. The number of aryl methyl sites for hydroxylation is 1. The van der Waals surface area contributed by atoms with E-state index in [1.165, 1.54) is 16.3 Å². The molecule has 0 aliphatic rings. The Balaban J connectivity index is 2.60. The third-order valence-corrected chi connectivity index (χ3v) is 5.02. The molecule has 25 heavy (non-hydrogen) atoms. The van der Waals surface area contributed by atoms with Crippen LogP contribution < -0.4 is 11.2 Å². The van der Waals surface area contributed by atoms with Crippen molar-refractivity contribution in [3.63, 3.8) is 0 Å². The maximum Gasteiger partial charge on any atom is 0.329 e. The van der Waals surface area contributed by atoms with E-state index >= 15 is 0 Å². The fourth-order valence-corrected chi connectivity index (χ4v) is 3.52. The highest BCUT2D eigenvalue weighted by molar-refractivity contribution is 8.00. The number of hydrogen-bond donors (Lipinski definition) is 1. The average Bonchev–Trinajstić information content (AvgIpc) is 2.88. The second kappa shape index (κ2) is 7.90. The highest BCUT2D eigenvalue weighted by Gasteiger charge is 2.25. The summed E-state index contributed by atoms with van der Waals surface area (Å²) in [6.07, 6.45) is 0.573. The number of nitrogens with zero attached hydrogens (tertiary/aromatic N) is 3. The van der Waals surface area contributed by atoms with Gasteiger partial charge in [-0.05, 0) is 19.3 Å². The number of rotatable bonds is 7. The van der Waals surface area contributed by atoms with Crippen molar-refractivity contribution < 1.29 is 9.53 Å². The minimum Gasteiger partial charge on any atom is -0.465 e. The largest absolute Gasteiger partial charge is 0.465 e. The number of thioether (sulfide) groups is 1. The molecule has 8 nitrogen and oxygen atoms in total. The Morgan fingerprint density at radius 2 is 2.00 bits per heavy atom. The van der Waals surface area contributed by atoms with E-state index in [9.17, 15) is 14.4 Å². The first-order valence-corrected chi connectivity index (χ1v) is 9.20. The normalized spacial score (nSPS) is 12.7. The topological polar surface area (TPSA) is 99.0 Å².